The number of aliphatic hydroxyl groups excluding tert-OH is 1. The van der Waals surface area contributed by atoms with E-state index in [1.165, 1.54) is 0 Å². The number of carbonyl (C=O) groups excluding carboxylic acids is 1. The molecule has 2 aliphatic heterocycles. The summed E-state index contributed by atoms with van der Waals surface area (Å²) < 4.78 is 65.6. The largest absolute Gasteiger partial charge is 0.450 e. The van der Waals surface area contributed by atoms with Crippen molar-refractivity contribution in [3.63, 3.8) is 0 Å². The molecule has 6 aromatic rings. The maximum atomic E-state index is 13.9. The number of hydrogen-bond donors (Lipinski definition) is 1. The van der Waals surface area contributed by atoms with E-state index >= 15 is 0 Å². The highest BCUT2D eigenvalue weighted by molar-refractivity contribution is 5.89. The van der Waals surface area contributed by atoms with E-state index in [9.17, 15) is 9.90 Å². The molecule has 2 fully saturated rings. The predicted octanol–water partition coefficient (Wildman–Crippen LogP) is 8.80. The molecule has 0 spiro atoms. The lowest BCUT2D eigenvalue weighted by Crippen LogP contribution is -2.64. The Hall–Kier alpha value is -5.87. The number of aliphatic hydroxyl groups is 1. The summed E-state index contributed by atoms with van der Waals surface area (Å²) in [5.74, 6) is -0.592. The Balaban J connectivity index is 1.10. The predicted molar refractivity (Wildman–Crippen MR) is 257 cm³/mol. The second-order valence-electron chi connectivity index (χ2n) is 16.8. The topological polar surface area (TPSA) is 130 Å². The van der Waals surface area contributed by atoms with Crippen LogP contribution in [0.15, 0.2) is 195 Å². The summed E-state index contributed by atoms with van der Waals surface area (Å²) in [4.78, 5) is 13.9. The van der Waals surface area contributed by atoms with Crippen molar-refractivity contribution in [1.82, 2.24) is 0 Å². The minimum absolute atomic E-state index is 0.0679. The molecular formula is C57H60O12. The fourth-order valence-corrected chi connectivity index (χ4v) is 8.27. The monoisotopic (exact) mass is 936 g/mol. The van der Waals surface area contributed by atoms with Gasteiger partial charge in [-0.3, -0.25) is 0 Å². The molecular weight excluding hydrogens is 877 g/mol. The van der Waals surface area contributed by atoms with E-state index in [0.29, 0.717) is 12.2 Å². The third-order valence-electron chi connectivity index (χ3n) is 11.8. The van der Waals surface area contributed by atoms with E-state index in [4.69, 9.17) is 47.4 Å². The molecule has 2 aliphatic rings. The van der Waals surface area contributed by atoms with E-state index in [0.717, 1.165) is 27.8 Å². The van der Waals surface area contributed by atoms with E-state index in [-0.39, 0.29) is 46.2 Å². The average molecular weight is 937 g/mol. The van der Waals surface area contributed by atoms with Crippen LogP contribution in [0.5, 0.6) is 0 Å². The van der Waals surface area contributed by atoms with Crippen LogP contribution < -0.4 is 0 Å². The van der Waals surface area contributed by atoms with Crippen molar-refractivity contribution in [3.8, 4) is 0 Å². The Morgan fingerprint density at radius 1 is 0.449 bits per heavy atom. The summed E-state index contributed by atoms with van der Waals surface area (Å²) >= 11 is 0. The Morgan fingerprint density at radius 2 is 0.841 bits per heavy atom. The molecule has 0 aliphatic carbocycles. The van der Waals surface area contributed by atoms with Gasteiger partial charge in [0.05, 0.1) is 58.4 Å². The van der Waals surface area contributed by atoms with Crippen molar-refractivity contribution < 1.29 is 57.3 Å². The summed E-state index contributed by atoms with van der Waals surface area (Å²) in [6.07, 6.45) is -8.53. The highest BCUT2D eigenvalue weighted by atomic mass is 16.7. The average Bonchev–Trinajstić information content (AvgIpc) is 3.40. The summed E-state index contributed by atoms with van der Waals surface area (Å²) in [5.41, 5.74) is 4.97. The first-order chi connectivity index (χ1) is 34.0. The Labute approximate surface area is 404 Å². The molecule has 2 heterocycles. The molecule has 0 amide bonds. The van der Waals surface area contributed by atoms with Crippen LogP contribution in [-0.4, -0.2) is 92.3 Å². The third kappa shape index (κ3) is 14.3. The van der Waals surface area contributed by atoms with E-state index in [1.807, 2.05) is 158 Å². The minimum Gasteiger partial charge on any atom is -0.450 e. The molecule has 10 atom stereocenters. The van der Waals surface area contributed by atoms with Crippen molar-refractivity contribution in [2.75, 3.05) is 19.8 Å². The lowest BCUT2D eigenvalue weighted by Gasteiger charge is -2.47. The molecule has 0 bridgehead atoms. The summed E-state index contributed by atoms with van der Waals surface area (Å²) in [6.45, 7) is 4.88. The highest BCUT2D eigenvalue weighted by Crippen LogP contribution is 2.34. The van der Waals surface area contributed by atoms with Gasteiger partial charge in [-0.05, 0) is 39.9 Å². The van der Waals surface area contributed by atoms with Gasteiger partial charge in [-0.25, -0.2) is 4.79 Å². The zero-order chi connectivity index (χ0) is 47.5. The van der Waals surface area contributed by atoms with Crippen LogP contribution in [0.25, 0.3) is 0 Å². The number of esters is 1. The molecule has 12 nitrogen and oxygen atoms in total. The number of carbonyl (C=O) groups is 1. The van der Waals surface area contributed by atoms with Gasteiger partial charge >= 0.3 is 5.97 Å². The van der Waals surface area contributed by atoms with E-state index in [2.05, 4.69) is 6.58 Å². The van der Waals surface area contributed by atoms with Gasteiger partial charge in [0.15, 0.2) is 18.7 Å². The molecule has 8 rings (SSSR count). The fraction of sp³-hybridized carbons (Fsp3) is 0.316. The summed E-state index contributed by atoms with van der Waals surface area (Å²) in [5, 5.41) is 12.3. The van der Waals surface area contributed by atoms with Gasteiger partial charge in [-0.1, -0.05) is 176 Å². The SMILES string of the molecule is C=CCOC1OC(COC2OC(COCc3ccccc3)C(OCc3ccccc3)C(OCc3ccccc3)C2O)C(OCc2ccccc2)C(OCc2ccccc2)C1OC(=O)c1ccccc1. The Morgan fingerprint density at radius 3 is 1.32 bits per heavy atom. The van der Waals surface area contributed by atoms with E-state index < -0.39 is 67.4 Å². The van der Waals surface area contributed by atoms with Gasteiger partial charge in [-0.2, -0.15) is 0 Å². The molecule has 6 aromatic carbocycles. The quantitative estimate of drug-likeness (QED) is 0.0460. The van der Waals surface area contributed by atoms with Crippen LogP contribution in [0.3, 0.4) is 0 Å². The second kappa shape index (κ2) is 26.2. The smallest absolute Gasteiger partial charge is 0.338 e. The second-order valence-corrected chi connectivity index (χ2v) is 16.8. The molecule has 1 N–H and O–H groups in total. The van der Waals surface area contributed by atoms with Crippen molar-refractivity contribution in [1.29, 1.82) is 0 Å². The normalized spacial score (nSPS) is 24.6. The Kier molecular flexibility index (Phi) is 18.8. The summed E-state index contributed by atoms with van der Waals surface area (Å²) in [7, 11) is 0. The van der Waals surface area contributed by atoms with Gasteiger partial charge in [0.25, 0.3) is 0 Å². The van der Waals surface area contributed by atoms with Gasteiger partial charge in [0.1, 0.15) is 42.7 Å². The van der Waals surface area contributed by atoms with Crippen LogP contribution in [0, 0.1) is 0 Å². The first-order valence-electron chi connectivity index (χ1n) is 23.4. The van der Waals surface area contributed by atoms with E-state index in [1.54, 1.807) is 30.3 Å². The van der Waals surface area contributed by atoms with Crippen LogP contribution in [0.2, 0.25) is 0 Å². The van der Waals surface area contributed by atoms with Gasteiger partial charge in [0, 0.05) is 0 Å². The maximum absolute atomic E-state index is 13.9. The van der Waals surface area contributed by atoms with Crippen LogP contribution in [-0.2, 0) is 80.4 Å². The van der Waals surface area contributed by atoms with Gasteiger partial charge in [0.2, 0.25) is 0 Å². The number of ether oxygens (including phenoxy) is 10. The maximum Gasteiger partial charge on any atom is 0.338 e. The number of hydrogen-bond acceptors (Lipinski definition) is 12. The standard InChI is InChI=1S/C57H60O12/c1-2-33-61-57-54(69-55(59)46-31-19-8-20-32-46)53(65-38-45-29-17-7-18-30-45)51(63-36-43-25-13-5-14-26-43)48(68-57)40-66-56-49(58)52(64-37-44-27-15-6-16-28-44)50(62-35-42-23-11-4-12-24-42)47(67-56)39-60-34-41-21-9-3-10-22-41/h2-32,47-54,56-58H,1,33-40H2. The van der Waals surface area contributed by atoms with Crippen molar-refractivity contribution >= 4 is 5.97 Å². The number of rotatable bonds is 24. The molecule has 2 saturated heterocycles. The summed E-state index contributed by atoms with van der Waals surface area (Å²) in [6, 6.07) is 57.4. The van der Waals surface area contributed by atoms with Crippen LogP contribution in [0.1, 0.15) is 38.2 Å². The molecule has 0 aromatic heterocycles. The molecule has 0 radical (unpaired) electrons. The van der Waals surface area contributed by atoms with Gasteiger partial charge < -0.3 is 52.5 Å². The van der Waals surface area contributed by atoms with Crippen molar-refractivity contribution in [3.05, 3.63) is 228 Å². The van der Waals surface area contributed by atoms with Crippen molar-refractivity contribution in [2.24, 2.45) is 0 Å². The Bertz CT molecular complexity index is 2380. The van der Waals surface area contributed by atoms with Gasteiger partial charge in [-0.15, -0.1) is 6.58 Å². The molecule has 360 valence electrons. The molecule has 69 heavy (non-hydrogen) atoms. The van der Waals surface area contributed by atoms with Crippen molar-refractivity contribution in [2.45, 2.75) is 94.4 Å². The fourth-order valence-electron chi connectivity index (χ4n) is 8.27. The number of benzene rings is 6. The molecule has 12 heteroatoms. The van der Waals surface area contributed by atoms with Crippen LogP contribution >= 0.6 is 0 Å². The lowest BCUT2D eigenvalue weighted by molar-refractivity contribution is -0.343. The minimum atomic E-state index is -1.34. The molecule has 10 unspecified atom stereocenters. The zero-order valence-corrected chi connectivity index (χ0v) is 38.5. The van der Waals surface area contributed by atoms with Crippen LogP contribution in [0.4, 0.5) is 0 Å². The zero-order valence-electron chi connectivity index (χ0n) is 38.5. The third-order valence-corrected chi connectivity index (χ3v) is 11.8. The highest BCUT2D eigenvalue weighted by Gasteiger charge is 2.52. The first-order valence-corrected chi connectivity index (χ1v) is 23.4. The first kappa shape index (κ1) is 49.5. The lowest BCUT2D eigenvalue weighted by atomic mass is 9.97. The molecule has 0 saturated carbocycles.